The van der Waals surface area contributed by atoms with E-state index in [9.17, 15) is 4.79 Å². The molecule has 0 amide bonds. The molecule has 0 aliphatic rings. The van der Waals surface area contributed by atoms with Gasteiger partial charge in [-0.3, -0.25) is 4.79 Å². The summed E-state index contributed by atoms with van der Waals surface area (Å²) in [6.45, 7) is 3.28. The first kappa shape index (κ1) is 11.4. The third kappa shape index (κ3) is 2.87. The van der Waals surface area contributed by atoms with E-state index in [1.807, 2.05) is 18.2 Å². The summed E-state index contributed by atoms with van der Waals surface area (Å²) >= 11 is 0. The summed E-state index contributed by atoms with van der Waals surface area (Å²) in [7, 11) is 1.64. The normalized spacial score (nSPS) is 10.1. The predicted octanol–water partition coefficient (Wildman–Crippen LogP) is 2.61. The van der Waals surface area contributed by atoms with E-state index in [2.05, 4.69) is 0 Å². The van der Waals surface area contributed by atoms with Crippen LogP contribution in [-0.2, 0) is 4.79 Å². The summed E-state index contributed by atoms with van der Waals surface area (Å²) in [6, 6.07) is 5.68. The number of hydrogen-bond donors (Lipinski definition) is 1. The molecule has 2 aromatic rings. The van der Waals surface area contributed by atoms with Crippen LogP contribution in [0.15, 0.2) is 22.6 Å². The number of fused-ring (bicyclic) bond motifs is 2. The number of ether oxygens (including phenoxy) is 1. The Morgan fingerprint density at radius 3 is 2.27 bits per heavy atom. The SMILES string of the molecule is CC(C)C(=O)O.COc1cc2ccc1o2. The van der Waals surface area contributed by atoms with Crippen LogP contribution in [0.5, 0.6) is 5.75 Å². The van der Waals surface area contributed by atoms with Crippen molar-refractivity contribution in [2.24, 2.45) is 5.92 Å². The Balaban J connectivity index is 0.000000167. The Hall–Kier alpha value is -1.71. The zero-order valence-corrected chi connectivity index (χ0v) is 8.98. The van der Waals surface area contributed by atoms with Gasteiger partial charge in [-0.1, -0.05) is 13.8 Å². The van der Waals surface area contributed by atoms with Crippen LogP contribution in [0.2, 0.25) is 0 Å². The quantitative estimate of drug-likeness (QED) is 0.827. The number of benzene rings is 1. The van der Waals surface area contributed by atoms with E-state index in [4.69, 9.17) is 14.3 Å². The average Bonchev–Trinajstić information content (AvgIpc) is 2.79. The Labute approximate surface area is 87.8 Å². The highest BCUT2D eigenvalue weighted by atomic mass is 16.5. The van der Waals surface area contributed by atoms with Crippen LogP contribution in [0.1, 0.15) is 13.8 Å². The Morgan fingerprint density at radius 2 is 2.07 bits per heavy atom. The maximum absolute atomic E-state index is 9.70. The van der Waals surface area contributed by atoms with E-state index in [0.717, 1.165) is 16.9 Å². The van der Waals surface area contributed by atoms with Crippen molar-refractivity contribution >= 4 is 17.1 Å². The van der Waals surface area contributed by atoms with Crippen molar-refractivity contribution < 1.29 is 19.1 Å². The summed E-state index contributed by atoms with van der Waals surface area (Å²) in [4.78, 5) is 9.70. The highest BCUT2D eigenvalue weighted by Crippen LogP contribution is 2.27. The van der Waals surface area contributed by atoms with E-state index >= 15 is 0 Å². The van der Waals surface area contributed by atoms with Gasteiger partial charge in [0.25, 0.3) is 0 Å². The van der Waals surface area contributed by atoms with Crippen molar-refractivity contribution in [1.82, 2.24) is 0 Å². The van der Waals surface area contributed by atoms with Crippen LogP contribution in [0, 0.1) is 5.92 Å². The van der Waals surface area contributed by atoms with Crippen molar-refractivity contribution in [2.75, 3.05) is 7.11 Å². The van der Waals surface area contributed by atoms with Crippen molar-refractivity contribution in [3.63, 3.8) is 0 Å². The molecule has 0 aliphatic heterocycles. The predicted molar refractivity (Wildman–Crippen MR) is 56.4 cm³/mol. The first-order chi connectivity index (χ1) is 7.04. The van der Waals surface area contributed by atoms with Gasteiger partial charge in [0.1, 0.15) is 5.58 Å². The number of hydrogen-bond acceptors (Lipinski definition) is 3. The minimum absolute atomic E-state index is 0.231. The van der Waals surface area contributed by atoms with E-state index in [0.29, 0.717) is 0 Å². The molecule has 4 nitrogen and oxygen atoms in total. The molecule has 2 aromatic heterocycles. The van der Waals surface area contributed by atoms with Gasteiger partial charge in [0, 0.05) is 6.07 Å². The number of carboxylic acid groups (broad SMARTS) is 1. The van der Waals surface area contributed by atoms with Gasteiger partial charge < -0.3 is 14.3 Å². The fraction of sp³-hybridized carbons (Fsp3) is 0.364. The second kappa shape index (κ2) is 4.68. The number of aliphatic carboxylic acids is 1. The molecule has 0 spiro atoms. The smallest absolute Gasteiger partial charge is 0.305 e. The minimum Gasteiger partial charge on any atom is -0.493 e. The van der Waals surface area contributed by atoms with Gasteiger partial charge in [-0.15, -0.1) is 0 Å². The zero-order valence-electron chi connectivity index (χ0n) is 8.98. The van der Waals surface area contributed by atoms with Gasteiger partial charge >= 0.3 is 5.97 Å². The Kier molecular flexibility index (Phi) is 3.55. The molecule has 1 N–H and O–H groups in total. The summed E-state index contributed by atoms with van der Waals surface area (Å²) in [5.74, 6) is -0.146. The molecule has 4 heteroatoms. The van der Waals surface area contributed by atoms with Gasteiger partial charge in [0.15, 0.2) is 11.3 Å². The van der Waals surface area contributed by atoms with Crippen LogP contribution < -0.4 is 4.74 Å². The molecule has 0 atom stereocenters. The van der Waals surface area contributed by atoms with Crippen LogP contribution in [-0.4, -0.2) is 18.2 Å². The molecule has 0 unspecified atom stereocenters. The minimum atomic E-state index is -0.741. The largest absolute Gasteiger partial charge is 0.493 e. The average molecular weight is 210 g/mol. The topological polar surface area (TPSA) is 59.7 Å². The third-order valence-electron chi connectivity index (χ3n) is 1.86. The summed E-state index contributed by atoms with van der Waals surface area (Å²) in [5, 5.41) is 7.99. The summed E-state index contributed by atoms with van der Waals surface area (Å²) in [6.07, 6.45) is 0. The first-order valence-electron chi connectivity index (χ1n) is 4.63. The third-order valence-corrected chi connectivity index (χ3v) is 1.86. The van der Waals surface area contributed by atoms with Crippen molar-refractivity contribution in [3.8, 4) is 5.75 Å². The standard InChI is InChI=1S/C7H6O2.C4H8O2/c1-8-7-4-5-2-3-6(7)9-5;1-3(2)4(5)6/h2-4H,1H3;3H,1-2H3,(H,5,6). The Bertz CT molecular complexity index is 416. The zero-order chi connectivity index (χ0) is 11.4. The first-order valence-corrected chi connectivity index (χ1v) is 4.63. The molecule has 0 aliphatic carbocycles. The van der Waals surface area contributed by atoms with Crippen molar-refractivity contribution in [1.29, 1.82) is 0 Å². The Morgan fingerprint density at radius 1 is 1.47 bits per heavy atom. The van der Waals surface area contributed by atoms with Crippen LogP contribution in [0.3, 0.4) is 0 Å². The lowest BCUT2D eigenvalue weighted by Crippen LogP contribution is -2.03. The van der Waals surface area contributed by atoms with Crippen molar-refractivity contribution in [2.45, 2.75) is 13.8 Å². The molecule has 0 aromatic carbocycles. The maximum atomic E-state index is 9.70. The lowest BCUT2D eigenvalue weighted by Gasteiger charge is -1.90. The van der Waals surface area contributed by atoms with Crippen LogP contribution >= 0.6 is 0 Å². The second-order valence-electron chi connectivity index (χ2n) is 3.41. The lowest BCUT2D eigenvalue weighted by molar-refractivity contribution is -0.140. The highest BCUT2D eigenvalue weighted by Gasteiger charge is 2.04. The molecule has 2 rings (SSSR count). The number of furan rings is 2. The van der Waals surface area contributed by atoms with E-state index in [-0.39, 0.29) is 5.92 Å². The molecule has 0 saturated carbocycles. The summed E-state index contributed by atoms with van der Waals surface area (Å²) in [5.41, 5.74) is 1.70. The van der Waals surface area contributed by atoms with Gasteiger partial charge in [-0.05, 0) is 12.1 Å². The molecule has 2 heterocycles. The van der Waals surface area contributed by atoms with Crippen molar-refractivity contribution in [3.05, 3.63) is 18.2 Å². The van der Waals surface area contributed by atoms with Crippen LogP contribution in [0.4, 0.5) is 0 Å². The molecular weight excluding hydrogens is 196 g/mol. The van der Waals surface area contributed by atoms with Gasteiger partial charge in [0.05, 0.1) is 13.0 Å². The number of methoxy groups -OCH3 is 1. The highest BCUT2D eigenvalue weighted by molar-refractivity contribution is 5.69. The van der Waals surface area contributed by atoms with Gasteiger partial charge in [0.2, 0.25) is 0 Å². The lowest BCUT2D eigenvalue weighted by atomic mass is 10.2. The maximum Gasteiger partial charge on any atom is 0.305 e. The van der Waals surface area contributed by atoms with Gasteiger partial charge in [-0.2, -0.15) is 0 Å². The van der Waals surface area contributed by atoms with E-state index in [1.165, 1.54) is 0 Å². The number of rotatable bonds is 2. The molecule has 2 bridgehead atoms. The molecule has 0 saturated heterocycles. The number of carboxylic acids is 1. The summed E-state index contributed by atoms with van der Waals surface area (Å²) < 4.78 is 10.2. The monoisotopic (exact) mass is 210 g/mol. The molecular formula is C11H14O4. The molecule has 0 radical (unpaired) electrons. The van der Waals surface area contributed by atoms with E-state index in [1.54, 1.807) is 21.0 Å². The van der Waals surface area contributed by atoms with Crippen LogP contribution in [0.25, 0.3) is 11.2 Å². The fourth-order valence-electron chi connectivity index (χ4n) is 0.923. The van der Waals surface area contributed by atoms with Gasteiger partial charge in [-0.25, -0.2) is 0 Å². The second-order valence-corrected chi connectivity index (χ2v) is 3.41. The number of carbonyl (C=O) groups is 1. The molecule has 0 fully saturated rings. The fourth-order valence-corrected chi connectivity index (χ4v) is 0.923. The molecule has 15 heavy (non-hydrogen) atoms. The molecule has 82 valence electrons. The van der Waals surface area contributed by atoms with E-state index < -0.39 is 5.97 Å².